The standard InChI is InChI=1S/C30H42N2O2.C4F9O.Mn/c1-19-13-21(27(33)23(15-19)29(3,4)5)17-31-25-11-9-10-12-26(25)32-18-22-14-20(2)16-24(28(22)34)30(6,7)8;5-1(2(6,7)8,3(9,10)11)4(12,13)14;/h13-18,25-26,33-34H,9-12H2,1-8H3;;/q;-1;+2. The fourth-order valence-corrected chi connectivity index (χ4v) is 7.67. The maximum absolute atomic E-state index is 12.0. The molecule has 2 atom stereocenters. The molecule has 2 aliphatic rings. The second kappa shape index (κ2) is 13.7. The van der Waals surface area contributed by atoms with Crippen molar-refractivity contribution in [2.45, 2.75) is 128 Å². The minimum atomic E-state index is -7.08. The number of halogens is 9. The second-order valence-electron chi connectivity index (χ2n) is 14.6. The molecule has 275 valence electrons. The van der Waals surface area contributed by atoms with Gasteiger partial charge < -0.3 is 5.11 Å². The van der Waals surface area contributed by atoms with Gasteiger partial charge in [-0.1, -0.05) is 0 Å². The van der Waals surface area contributed by atoms with Crippen molar-refractivity contribution in [2.75, 3.05) is 0 Å². The molecule has 2 unspecified atom stereocenters. The summed E-state index contributed by atoms with van der Waals surface area (Å²) in [6.45, 7) is 17.1. The molecule has 49 heavy (non-hydrogen) atoms. The van der Waals surface area contributed by atoms with E-state index >= 15 is 0 Å². The minimum Gasteiger partial charge on any atom is -0.795 e. The zero-order valence-electron chi connectivity index (χ0n) is 28.4. The molecule has 2 aromatic rings. The van der Waals surface area contributed by atoms with Crippen LogP contribution in [0.25, 0.3) is 0 Å². The van der Waals surface area contributed by atoms with Crippen LogP contribution >= 0.6 is 0 Å². The minimum absolute atomic E-state index is 0.118. The van der Waals surface area contributed by atoms with E-state index in [1.807, 2.05) is 0 Å². The average molecular weight is 753 g/mol. The van der Waals surface area contributed by atoms with Crippen LogP contribution in [0.1, 0.15) is 101 Å². The zero-order chi connectivity index (χ0) is 37.7. The molecule has 0 bridgehead atoms. The molecule has 2 N–H and O–H groups in total. The van der Waals surface area contributed by atoms with Gasteiger partial charge in [-0.25, -0.2) is 13.2 Å². The smallest absolute Gasteiger partial charge is 0.436 e. The molecule has 1 heterocycles. The molecular weight excluding hydrogens is 710 g/mol. The van der Waals surface area contributed by atoms with Crippen molar-refractivity contribution >= 4 is 12.4 Å². The Balaban J connectivity index is 0.000000393. The predicted octanol–water partition coefficient (Wildman–Crippen LogP) is 7.88. The fraction of sp³-hybridized carbons (Fsp3) is 0.588. The number of hydrogen-bond donors (Lipinski definition) is 2. The summed E-state index contributed by atoms with van der Waals surface area (Å²) in [7, 11) is 0. The average Bonchev–Trinajstić information content (AvgIpc) is 3.26. The second-order valence-corrected chi connectivity index (χ2v) is 16.1. The maximum atomic E-state index is 12.0. The Hall–Kier alpha value is -2.77. The van der Waals surface area contributed by atoms with Crippen molar-refractivity contribution in [3.8, 4) is 11.5 Å². The van der Waals surface area contributed by atoms with Gasteiger partial charge in [-0.15, -0.1) is 0 Å². The van der Waals surface area contributed by atoms with Crippen molar-refractivity contribution in [3.63, 3.8) is 0 Å². The number of rotatable bonds is 3. The molecule has 5 nitrogen and oxygen atoms in total. The Morgan fingerprint density at radius 3 is 1.22 bits per heavy atom. The van der Waals surface area contributed by atoms with Gasteiger partial charge in [0.05, 0.1) is 0 Å². The van der Waals surface area contributed by atoms with Crippen molar-refractivity contribution in [1.82, 2.24) is 0 Å². The third-order valence-electron chi connectivity index (χ3n) is 8.39. The summed E-state index contributed by atoms with van der Waals surface area (Å²) in [4.78, 5) is 0. The summed E-state index contributed by atoms with van der Waals surface area (Å²) < 4.78 is 108. The summed E-state index contributed by atoms with van der Waals surface area (Å²) in [5, 5.41) is 31.6. The molecule has 2 aromatic carbocycles. The quantitative estimate of drug-likeness (QED) is 0.248. The van der Waals surface area contributed by atoms with Crippen LogP contribution < -0.4 is 5.11 Å². The van der Waals surface area contributed by atoms with Crippen molar-refractivity contribution in [2.24, 2.45) is 0 Å². The summed E-state index contributed by atoms with van der Waals surface area (Å²) in [6, 6.07) is 9.26. The fourth-order valence-electron chi connectivity index (χ4n) is 5.83. The van der Waals surface area contributed by atoms with Gasteiger partial charge in [0.1, 0.15) is 0 Å². The van der Waals surface area contributed by atoms with Gasteiger partial charge in [-0.2, -0.15) is 26.3 Å². The number of nitrogens with zero attached hydrogens (tertiary/aromatic N) is 2. The Morgan fingerprint density at radius 2 is 0.980 bits per heavy atom. The van der Waals surface area contributed by atoms with E-state index in [2.05, 4.69) is 99.3 Å². The SMILES string of the molecule is Cc1cc(C=[N+]2[Mn][N+](=Cc3cc(C)cc(C(C)(C)C)c3O)C3CCCCC32)c(O)c(C(C)(C)C)c1.[O-]C(F)(F)C(F)(C(F)(F)F)C(F)(F)F. The van der Waals surface area contributed by atoms with Gasteiger partial charge in [-0.05, 0) is 0 Å². The summed E-state index contributed by atoms with van der Waals surface area (Å²) in [5.74, 6) is 0.795. The zero-order valence-corrected chi connectivity index (χ0v) is 29.6. The number of fused-ring (bicyclic) bond motifs is 1. The monoisotopic (exact) mass is 752 g/mol. The Bertz CT molecular complexity index is 1470. The largest absolute Gasteiger partial charge is 0.795 e. The van der Waals surface area contributed by atoms with E-state index < -0.39 is 24.1 Å². The van der Waals surface area contributed by atoms with E-state index in [0.717, 1.165) is 35.1 Å². The van der Waals surface area contributed by atoms with Crippen LogP contribution in [0.5, 0.6) is 11.5 Å². The molecule has 0 aromatic heterocycles. The third-order valence-corrected chi connectivity index (χ3v) is 10.0. The van der Waals surface area contributed by atoms with E-state index in [1.54, 1.807) is 0 Å². The first kappa shape index (κ1) is 40.7. The van der Waals surface area contributed by atoms with E-state index in [-0.39, 0.29) is 10.8 Å². The Labute approximate surface area is 286 Å². The van der Waals surface area contributed by atoms with Crippen LogP contribution in [0.3, 0.4) is 0 Å². The molecule has 1 saturated heterocycles. The van der Waals surface area contributed by atoms with Crippen molar-refractivity contribution in [3.05, 3.63) is 57.6 Å². The normalized spacial score (nSPS) is 21.1. The number of benzene rings is 2. The number of aryl methyl sites for hydroxylation is 2. The van der Waals surface area contributed by atoms with Crippen LogP contribution in [0.15, 0.2) is 24.3 Å². The molecule has 0 spiro atoms. The maximum Gasteiger partial charge on any atom is 0.436 e. The summed E-state index contributed by atoms with van der Waals surface area (Å²) in [6.07, 6.45) is -11.7. The van der Waals surface area contributed by atoms with Gasteiger partial charge in [0.15, 0.2) is 0 Å². The first-order valence-electron chi connectivity index (χ1n) is 15.5. The molecule has 0 amide bonds. The first-order valence-corrected chi connectivity index (χ1v) is 16.6. The molecule has 0 radical (unpaired) electrons. The van der Waals surface area contributed by atoms with Crippen molar-refractivity contribution in [1.29, 1.82) is 0 Å². The molecule has 1 saturated carbocycles. The molecule has 1 aliphatic heterocycles. The summed E-state index contributed by atoms with van der Waals surface area (Å²) >= 11 is 0.404. The van der Waals surface area contributed by atoms with Crippen LogP contribution in [-0.2, 0) is 26.2 Å². The van der Waals surface area contributed by atoms with E-state index in [1.165, 1.54) is 24.0 Å². The number of alkyl halides is 9. The third kappa shape index (κ3) is 8.58. The van der Waals surface area contributed by atoms with Gasteiger partial charge in [0, 0.05) is 0 Å². The molecular formula is C34H42F9MnN2O3+. The summed E-state index contributed by atoms with van der Waals surface area (Å²) in [5.41, 5.74) is -1.17. The van der Waals surface area contributed by atoms with Gasteiger partial charge in [0.2, 0.25) is 6.11 Å². The number of aromatic hydroxyl groups is 2. The number of phenolic OH excluding ortho intramolecular Hbond substituents is 2. The number of phenols is 2. The van der Waals surface area contributed by atoms with Crippen LogP contribution in [-0.4, -0.2) is 66.0 Å². The molecule has 4 rings (SSSR count). The Kier molecular flexibility index (Phi) is 11.4. The van der Waals surface area contributed by atoms with E-state index in [9.17, 15) is 54.8 Å². The van der Waals surface area contributed by atoms with Gasteiger partial charge in [-0.3, -0.25) is 0 Å². The van der Waals surface area contributed by atoms with E-state index in [4.69, 9.17) is 0 Å². The van der Waals surface area contributed by atoms with Crippen molar-refractivity contribution < 1.29 is 77.4 Å². The number of hydrogen-bond acceptors (Lipinski definition) is 3. The molecule has 15 heteroatoms. The van der Waals surface area contributed by atoms with E-state index in [0.29, 0.717) is 39.0 Å². The van der Waals surface area contributed by atoms with Crippen LogP contribution in [0.2, 0.25) is 0 Å². The molecule has 1 aliphatic carbocycles. The van der Waals surface area contributed by atoms with Gasteiger partial charge in [0.25, 0.3) is 0 Å². The topological polar surface area (TPSA) is 69.5 Å². The predicted molar refractivity (Wildman–Crippen MR) is 161 cm³/mol. The molecule has 2 fully saturated rings. The first-order chi connectivity index (χ1) is 22.0. The Morgan fingerprint density at radius 1 is 0.653 bits per heavy atom. The van der Waals surface area contributed by atoms with Crippen LogP contribution in [0, 0.1) is 13.8 Å². The van der Waals surface area contributed by atoms with Gasteiger partial charge >= 0.3 is 236 Å². The van der Waals surface area contributed by atoms with Crippen LogP contribution in [0.4, 0.5) is 39.5 Å².